The Kier molecular flexibility index (Phi) is 8.33. The van der Waals surface area contributed by atoms with E-state index in [1.807, 2.05) is 12.1 Å². The van der Waals surface area contributed by atoms with E-state index in [1.165, 1.54) is 55.6 Å². The summed E-state index contributed by atoms with van der Waals surface area (Å²) >= 11 is 0. The maximum absolute atomic E-state index is 6.47. The molecule has 0 unspecified atom stereocenters. The normalized spacial score (nSPS) is 12.0. The number of hydrogen-bond donors (Lipinski definition) is 0. The Balaban J connectivity index is 1.10. The first-order chi connectivity index (χ1) is 28.8. The van der Waals surface area contributed by atoms with Crippen LogP contribution in [0.25, 0.3) is 66.4 Å². The fourth-order valence-electron chi connectivity index (χ4n) is 9.07. The SMILES string of the molecule is c1ccc(-c2ccccc2N(c2ccc(-c3cccc4c3oc3ccccc34)cc2)c2ccc3c(c2)Cc2ccccc2-c2ccccc2Cc2ccccc2-3)cc1. The van der Waals surface area contributed by atoms with Gasteiger partial charge in [-0.15, -0.1) is 0 Å². The van der Waals surface area contributed by atoms with E-state index in [1.54, 1.807) is 0 Å². The highest BCUT2D eigenvalue weighted by Gasteiger charge is 2.22. The molecular weight excluding hydrogens is 703 g/mol. The summed E-state index contributed by atoms with van der Waals surface area (Å²) in [4.78, 5) is 2.43. The van der Waals surface area contributed by atoms with E-state index in [0.717, 1.165) is 63.0 Å². The number of nitrogens with zero attached hydrogens (tertiary/aromatic N) is 1. The van der Waals surface area contributed by atoms with Crippen LogP contribution in [-0.4, -0.2) is 0 Å². The molecule has 0 saturated heterocycles. The minimum Gasteiger partial charge on any atom is -0.455 e. The van der Waals surface area contributed by atoms with Gasteiger partial charge in [-0.1, -0.05) is 176 Å². The van der Waals surface area contributed by atoms with Crippen molar-refractivity contribution in [1.82, 2.24) is 0 Å². The van der Waals surface area contributed by atoms with Crippen molar-refractivity contribution < 1.29 is 4.42 Å². The molecule has 0 atom stereocenters. The maximum atomic E-state index is 6.47. The highest BCUT2D eigenvalue weighted by Crippen LogP contribution is 2.45. The van der Waals surface area contributed by atoms with Crippen molar-refractivity contribution in [2.45, 2.75) is 12.8 Å². The van der Waals surface area contributed by atoms with Crippen molar-refractivity contribution in [1.29, 1.82) is 0 Å². The Hall–Kier alpha value is -7.42. The van der Waals surface area contributed by atoms with Gasteiger partial charge in [0.1, 0.15) is 11.2 Å². The van der Waals surface area contributed by atoms with Gasteiger partial charge in [0.15, 0.2) is 0 Å². The molecule has 0 bridgehead atoms. The quantitative estimate of drug-likeness (QED) is 0.175. The molecule has 0 saturated carbocycles. The number of anilines is 3. The van der Waals surface area contributed by atoms with Crippen LogP contribution in [0.15, 0.2) is 217 Å². The second-order valence-electron chi connectivity index (χ2n) is 15.2. The minimum absolute atomic E-state index is 0.802. The Morgan fingerprint density at radius 2 is 0.828 bits per heavy atom. The predicted molar refractivity (Wildman–Crippen MR) is 242 cm³/mol. The third-order valence-corrected chi connectivity index (χ3v) is 11.8. The largest absolute Gasteiger partial charge is 0.455 e. The molecule has 2 nitrogen and oxygen atoms in total. The lowest BCUT2D eigenvalue weighted by Crippen LogP contribution is -2.12. The van der Waals surface area contributed by atoms with Crippen LogP contribution >= 0.6 is 0 Å². The molecule has 0 aliphatic heterocycles. The summed E-state index contributed by atoms with van der Waals surface area (Å²) < 4.78 is 6.47. The Morgan fingerprint density at radius 3 is 1.53 bits per heavy atom. The summed E-state index contributed by atoms with van der Waals surface area (Å²) in [7, 11) is 0. The van der Waals surface area contributed by atoms with Gasteiger partial charge >= 0.3 is 0 Å². The molecule has 0 amide bonds. The lowest BCUT2D eigenvalue weighted by Gasteiger charge is -2.29. The van der Waals surface area contributed by atoms with Gasteiger partial charge in [0.2, 0.25) is 0 Å². The van der Waals surface area contributed by atoms with E-state index in [-0.39, 0.29) is 0 Å². The second kappa shape index (κ2) is 14.3. The fraction of sp³-hybridized carbons (Fsp3) is 0.0357. The molecule has 58 heavy (non-hydrogen) atoms. The van der Waals surface area contributed by atoms with Gasteiger partial charge in [0.25, 0.3) is 0 Å². The number of rotatable bonds is 5. The van der Waals surface area contributed by atoms with E-state index < -0.39 is 0 Å². The third kappa shape index (κ3) is 5.90. The molecule has 1 aliphatic carbocycles. The number of hydrogen-bond acceptors (Lipinski definition) is 2. The average molecular weight is 742 g/mol. The monoisotopic (exact) mass is 741 g/mol. The highest BCUT2D eigenvalue weighted by atomic mass is 16.3. The zero-order valence-electron chi connectivity index (χ0n) is 32.0. The van der Waals surface area contributed by atoms with Gasteiger partial charge in [-0.2, -0.15) is 0 Å². The molecule has 0 N–H and O–H groups in total. The maximum Gasteiger partial charge on any atom is 0.143 e. The second-order valence-corrected chi connectivity index (χ2v) is 15.2. The highest BCUT2D eigenvalue weighted by molar-refractivity contribution is 6.09. The van der Waals surface area contributed by atoms with Gasteiger partial charge in [0, 0.05) is 33.3 Å². The standard InChI is InChI=1S/C56H39NO/c1-2-15-38(16-3-1)50-23-10-12-27-54(50)57(44-31-29-39(30-32-44)51-25-14-26-53-52-24-11-13-28-55(52)58-56(51)53)45-33-34-49-43(37-45)36-42-19-6-8-21-47(42)46-20-7-4-17-40(46)35-41-18-5-9-22-48(41)49/h1-34,37H,35-36H2. The van der Waals surface area contributed by atoms with Gasteiger partial charge < -0.3 is 9.32 Å². The van der Waals surface area contributed by atoms with E-state index in [2.05, 4.69) is 205 Å². The first kappa shape index (κ1) is 33.9. The summed E-state index contributed by atoms with van der Waals surface area (Å²) in [6.45, 7) is 0. The van der Waals surface area contributed by atoms with Crippen LogP contribution in [0.4, 0.5) is 17.1 Å². The molecule has 0 radical (unpaired) electrons. The molecule has 2 heteroatoms. The van der Waals surface area contributed by atoms with Crippen molar-refractivity contribution >= 4 is 39.0 Å². The van der Waals surface area contributed by atoms with Gasteiger partial charge in [-0.25, -0.2) is 0 Å². The van der Waals surface area contributed by atoms with Crippen LogP contribution in [0, 0.1) is 0 Å². The smallest absolute Gasteiger partial charge is 0.143 e. The van der Waals surface area contributed by atoms with Crippen molar-refractivity contribution in [3.63, 3.8) is 0 Å². The summed E-state index contributed by atoms with van der Waals surface area (Å²) in [5.74, 6) is 0. The zero-order valence-corrected chi connectivity index (χ0v) is 32.0. The van der Waals surface area contributed by atoms with Crippen molar-refractivity contribution in [2.24, 2.45) is 0 Å². The van der Waals surface area contributed by atoms with Crippen molar-refractivity contribution in [3.8, 4) is 44.5 Å². The number of benzene rings is 9. The van der Waals surface area contributed by atoms with Crippen LogP contribution in [0.1, 0.15) is 22.3 Å². The van der Waals surface area contributed by atoms with Gasteiger partial charge in [0.05, 0.1) is 5.69 Å². The topological polar surface area (TPSA) is 16.4 Å². The summed E-state index contributed by atoms with van der Waals surface area (Å²) in [6, 6.07) is 77.1. The number of furan rings is 1. The molecule has 0 fully saturated rings. The molecule has 9 aromatic carbocycles. The lowest BCUT2D eigenvalue weighted by molar-refractivity contribution is 0.670. The molecule has 10 aromatic rings. The van der Waals surface area contributed by atoms with Crippen molar-refractivity contribution in [3.05, 3.63) is 235 Å². The van der Waals surface area contributed by atoms with E-state index in [4.69, 9.17) is 4.42 Å². The van der Waals surface area contributed by atoms with Crippen LogP contribution in [-0.2, 0) is 12.8 Å². The van der Waals surface area contributed by atoms with E-state index in [0.29, 0.717) is 0 Å². The van der Waals surface area contributed by atoms with Crippen LogP contribution in [0.3, 0.4) is 0 Å². The molecule has 1 aliphatic rings. The van der Waals surface area contributed by atoms with Crippen LogP contribution in [0.5, 0.6) is 0 Å². The lowest BCUT2D eigenvalue weighted by atomic mass is 9.84. The van der Waals surface area contributed by atoms with Crippen molar-refractivity contribution in [2.75, 3.05) is 4.90 Å². The van der Waals surface area contributed by atoms with Gasteiger partial charge in [-0.3, -0.25) is 0 Å². The van der Waals surface area contributed by atoms with Gasteiger partial charge in [-0.05, 0) is 105 Å². The molecule has 11 rings (SSSR count). The van der Waals surface area contributed by atoms with E-state index in [9.17, 15) is 0 Å². The molecule has 1 heterocycles. The average Bonchev–Trinajstić information content (AvgIpc) is 3.67. The first-order valence-electron chi connectivity index (χ1n) is 20.1. The summed E-state index contributed by atoms with van der Waals surface area (Å²) in [5, 5.41) is 2.27. The number of fused-ring (bicyclic) bond motifs is 9. The molecular formula is C56H39NO. The molecule has 0 spiro atoms. The third-order valence-electron chi connectivity index (χ3n) is 11.8. The Morgan fingerprint density at radius 1 is 0.328 bits per heavy atom. The summed E-state index contributed by atoms with van der Waals surface area (Å²) in [5.41, 5.74) is 20.2. The van der Waals surface area contributed by atoms with E-state index >= 15 is 0 Å². The van der Waals surface area contributed by atoms with Crippen LogP contribution < -0.4 is 4.90 Å². The predicted octanol–water partition coefficient (Wildman–Crippen LogP) is 15.2. The molecule has 274 valence electrons. The minimum atomic E-state index is 0.802. The summed E-state index contributed by atoms with van der Waals surface area (Å²) in [6.07, 6.45) is 1.67. The Labute approximate surface area is 338 Å². The molecule has 1 aromatic heterocycles. The zero-order chi connectivity index (χ0) is 38.4. The Bertz CT molecular complexity index is 3120. The first-order valence-corrected chi connectivity index (χ1v) is 20.1. The fourth-order valence-corrected chi connectivity index (χ4v) is 9.07. The van der Waals surface area contributed by atoms with Crippen LogP contribution in [0.2, 0.25) is 0 Å². The number of para-hydroxylation sites is 3.